The summed E-state index contributed by atoms with van der Waals surface area (Å²) in [6.45, 7) is 0. The van der Waals surface area contributed by atoms with Gasteiger partial charge in [0.05, 0.1) is 5.56 Å². The first-order valence-electron chi connectivity index (χ1n) is 4.03. The molecule has 1 aromatic carbocycles. The van der Waals surface area contributed by atoms with Gasteiger partial charge in [0.2, 0.25) is 0 Å². The van der Waals surface area contributed by atoms with Gasteiger partial charge >= 0.3 is 18.1 Å². The molecule has 0 aliphatic carbocycles. The van der Waals surface area contributed by atoms with E-state index in [-0.39, 0.29) is 5.56 Å². The van der Waals surface area contributed by atoms with Crippen LogP contribution in [-0.2, 0) is 4.79 Å². The topological polar surface area (TPSA) is 101 Å². The fraction of sp³-hybridized carbons (Fsp3) is 0.111. The number of hydrogen-bond donors (Lipinski definition) is 3. The maximum Gasteiger partial charge on any atom is 0.490 e. The Morgan fingerprint density at radius 1 is 1.06 bits per heavy atom. The molecule has 0 aliphatic heterocycles. The van der Waals surface area contributed by atoms with Crippen LogP contribution < -0.4 is 5.73 Å². The Balaban J connectivity index is 0.000000325. The van der Waals surface area contributed by atoms with Crippen LogP contribution in [0.2, 0.25) is 0 Å². The highest BCUT2D eigenvalue weighted by molar-refractivity contribution is 5.87. The molecule has 0 bridgehead atoms. The number of aromatic carboxylic acids is 1. The number of aliphatic carboxylic acids is 1. The fourth-order valence-corrected chi connectivity index (χ4v) is 0.626. The van der Waals surface area contributed by atoms with Crippen molar-refractivity contribution in [2.45, 2.75) is 6.18 Å². The minimum Gasteiger partial charge on any atom is -0.478 e. The average molecular weight is 251 g/mol. The first-order valence-corrected chi connectivity index (χ1v) is 4.03. The number of nitrogens with two attached hydrogens (primary N) is 1. The van der Waals surface area contributed by atoms with Gasteiger partial charge in [0, 0.05) is 5.69 Å². The molecular formula is C9H8F3NO4. The molecule has 0 atom stereocenters. The normalized spacial score (nSPS) is 10.1. The summed E-state index contributed by atoms with van der Waals surface area (Å²) >= 11 is 0. The third-order valence-electron chi connectivity index (χ3n) is 1.40. The van der Waals surface area contributed by atoms with E-state index in [0.29, 0.717) is 5.69 Å². The summed E-state index contributed by atoms with van der Waals surface area (Å²) in [6.07, 6.45) is -5.08. The van der Waals surface area contributed by atoms with Crippen LogP contribution in [0, 0.1) is 0 Å². The van der Waals surface area contributed by atoms with Crippen molar-refractivity contribution in [3.8, 4) is 0 Å². The van der Waals surface area contributed by atoms with E-state index in [4.69, 9.17) is 20.7 Å². The van der Waals surface area contributed by atoms with Crippen LogP contribution in [0.15, 0.2) is 24.3 Å². The molecule has 17 heavy (non-hydrogen) atoms. The zero-order valence-electron chi connectivity index (χ0n) is 8.23. The predicted octanol–water partition coefficient (Wildman–Crippen LogP) is 1.60. The standard InChI is InChI=1S/C7H7NO2.C2HF3O2/c8-6-3-1-5(2-4-6)7(9)10;3-2(4,5)1(6)7/h1-4H,8H2,(H,9,10);(H,6,7). The van der Waals surface area contributed by atoms with E-state index in [0.717, 1.165) is 0 Å². The molecule has 0 saturated heterocycles. The molecule has 0 spiro atoms. The minimum absolute atomic E-state index is 0.259. The molecule has 0 aromatic heterocycles. The Bertz CT molecular complexity index is 400. The van der Waals surface area contributed by atoms with E-state index in [1.54, 1.807) is 12.1 Å². The van der Waals surface area contributed by atoms with Crippen LogP contribution in [0.25, 0.3) is 0 Å². The van der Waals surface area contributed by atoms with E-state index in [2.05, 4.69) is 0 Å². The van der Waals surface area contributed by atoms with Crippen molar-refractivity contribution in [1.82, 2.24) is 0 Å². The zero-order valence-corrected chi connectivity index (χ0v) is 8.23. The Morgan fingerprint density at radius 3 is 1.65 bits per heavy atom. The van der Waals surface area contributed by atoms with Gasteiger partial charge in [-0.05, 0) is 24.3 Å². The first-order chi connectivity index (χ1) is 7.64. The molecule has 5 nitrogen and oxygen atoms in total. The van der Waals surface area contributed by atoms with Gasteiger partial charge in [0.25, 0.3) is 0 Å². The summed E-state index contributed by atoms with van der Waals surface area (Å²) in [5.41, 5.74) is 6.17. The summed E-state index contributed by atoms with van der Waals surface area (Å²) in [7, 11) is 0. The van der Waals surface area contributed by atoms with E-state index < -0.39 is 18.1 Å². The van der Waals surface area contributed by atoms with Gasteiger partial charge < -0.3 is 15.9 Å². The molecule has 8 heteroatoms. The average Bonchev–Trinajstić information content (AvgIpc) is 2.17. The van der Waals surface area contributed by atoms with E-state index in [9.17, 15) is 18.0 Å². The Labute approximate surface area is 93.3 Å². The van der Waals surface area contributed by atoms with E-state index in [1.165, 1.54) is 12.1 Å². The number of rotatable bonds is 1. The summed E-state index contributed by atoms with van der Waals surface area (Å²) in [5.74, 6) is -3.69. The van der Waals surface area contributed by atoms with Crippen molar-refractivity contribution in [2.75, 3.05) is 5.73 Å². The highest BCUT2D eigenvalue weighted by Gasteiger charge is 2.38. The molecule has 1 aromatic rings. The third-order valence-corrected chi connectivity index (χ3v) is 1.40. The number of nitrogen functional groups attached to an aromatic ring is 1. The molecule has 0 aliphatic rings. The van der Waals surface area contributed by atoms with Crippen molar-refractivity contribution in [2.24, 2.45) is 0 Å². The largest absolute Gasteiger partial charge is 0.490 e. The van der Waals surface area contributed by atoms with E-state index >= 15 is 0 Å². The van der Waals surface area contributed by atoms with Gasteiger partial charge in [-0.1, -0.05) is 0 Å². The zero-order chi connectivity index (χ0) is 13.6. The molecule has 94 valence electrons. The number of benzene rings is 1. The highest BCUT2D eigenvalue weighted by atomic mass is 19.4. The summed E-state index contributed by atoms with van der Waals surface area (Å²) in [4.78, 5) is 19.2. The van der Waals surface area contributed by atoms with Crippen LogP contribution >= 0.6 is 0 Å². The lowest BCUT2D eigenvalue weighted by atomic mass is 10.2. The molecule has 0 saturated carbocycles. The number of hydrogen-bond acceptors (Lipinski definition) is 3. The number of carboxylic acids is 2. The first kappa shape index (κ1) is 14.8. The molecule has 0 radical (unpaired) electrons. The lowest BCUT2D eigenvalue weighted by Crippen LogP contribution is -2.21. The maximum absolute atomic E-state index is 10.6. The van der Waals surface area contributed by atoms with Crippen molar-refractivity contribution < 1.29 is 33.0 Å². The monoisotopic (exact) mass is 251 g/mol. The number of alkyl halides is 3. The third kappa shape index (κ3) is 6.03. The van der Waals surface area contributed by atoms with Gasteiger partial charge in [-0.25, -0.2) is 9.59 Å². The number of anilines is 1. The Hall–Kier alpha value is -2.25. The van der Waals surface area contributed by atoms with Crippen LogP contribution in [0.5, 0.6) is 0 Å². The van der Waals surface area contributed by atoms with Crippen LogP contribution in [-0.4, -0.2) is 28.3 Å². The molecule has 1 rings (SSSR count). The molecule has 0 amide bonds. The van der Waals surface area contributed by atoms with Crippen molar-refractivity contribution in [1.29, 1.82) is 0 Å². The van der Waals surface area contributed by atoms with Gasteiger partial charge in [-0.2, -0.15) is 13.2 Å². The van der Waals surface area contributed by atoms with Crippen molar-refractivity contribution in [3.05, 3.63) is 29.8 Å². The summed E-state index contributed by atoms with van der Waals surface area (Å²) in [6, 6.07) is 6.06. The lowest BCUT2D eigenvalue weighted by Gasteiger charge is -1.93. The van der Waals surface area contributed by atoms with E-state index in [1.807, 2.05) is 0 Å². The summed E-state index contributed by atoms with van der Waals surface area (Å²) < 4.78 is 31.7. The van der Waals surface area contributed by atoms with Crippen molar-refractivity contribution >= 4 is 17.6 Å². The number of carboxylic acid groups (broad SMARTS) is 2. The maximum atomic E-state index is 10.6. The van der Waals surface area contributed by atoms with Crippen molar-refractivity contribution in [3.63, 3.8) is 0 Å². The number of halogens is 3. The second-order valence-electron chi connectivity index (χ2n) is 2.73. The SMILES string of the molecule is Nc1ccc(C(=O)O)cc1.O=C(O)C(F)(F)F. The molecule has 0 heterocycles. The van der Waals surface area contributed by atoms with Gasteiger partial charge in [-0.15, -0.1) is 0 Å². The Kier molecular flexibility index (Phi) is 4.97. The molecular weight excluding hydrogens is 243 g/mol. The Morgan fingerprint density at radius 2 is 1.41 bits per heavy atom. The number of carbonyl (C=O) groups is 2. The van der Waals surface area contributed by atoms with Crippen LogP contribution in [0.1, 0.15) is 10.4 Å². The minimum atomic E-state index is -5.08. The molecule has 4 N–H and O–H groups in total. The second kappa shape index (κ2) is 5.73. The molecule has 0 unspecified atom stereocenters. The van der Waals surface area contributed by atoms with Gasteiger partial charge in [-0.3, -0.25) is 0 Å². The van der Waals surface area contributed by atoms with Crippen LogP contribution in [0.3, 0.4) is 0 Å². The summed E-state index contributed by atoms with van der Waals surface area (Å²) in [5, 5.41) is 15.6. The molecule has 0 fully saturated rings. The highest BCUT2D eigenvalue weighted by Crippen LogP contribution is 2.13. The van der Waals surface area contributed by atoms with Gasteiger partial charge in [0.1, 0.15) is 0 Å². The van der Waals surface area contributed by atoms with Crippen LogP contribution in [0.4, 0.5) is 18.9 Å². The fourth-order valence-electron chi connectivity index (χ4n) is 0.626. The quantitative estimate of drug-likeness (QED) is 0.658. The smallest absolute Gasteiger partial charge is 0.478 e. The predicted molar refractivity (Wildman–Crippen MR) is 51.5 cm³/mol. The second-order valence-corrected chi connectivity index (χ2v) is 2.73. The van der Waals surface area contributed by atoms with Gasteiger partial charge in [0.15, 0.2) is 0 Å². The lowest BCUT2D eigenvalue weighted by molar-refractivity contribution is -0.192.